The Morgan fingerprint density at radius 1 is 1.00 bits per heavy atom. The van der Waals surface area contributed by atoms with Crippen LogP contribution >= 0.6 is 11.6 Å². The van der Waals surface area contributed by atoms with Gasteiger partial charge in [0.25, 0.3) is 5.24 Å². The van der Waals surface area contributed by atoms with Crippen LogP contribution in [0.1, 0.15) is 20.7 Å². The van der Waals surface area contributed by atoms with Gasteiger partial charge in [-0.3, -0.25) is 4.79 Å². The summed E-state index contributed by atoms with van der Waals surface area (Å²) in [6, 6.07) is 10.2. The fourth-order valence-corrected chi connectivity index (χ4v) is 1.41. The minimum Gasteiger partial charge on any atom is -0.504 e. The molecule has 0 amide bonds. The molecular weight excluding hydrogens is 306 g/mol. The minimum absolute atomic E-state index is 0.407. The number of carbonyl (C=O) groups excluding carboxylic acids is 1. The molecule has 2 aromatic carbocycles. The minimum atomic E-state index is -1.55. The molecule has 0 aliphatic carbocycles. The number of benzene rings is 2. The molecule has 2 aromatic rings. The molecule has 0 bridgehead atoms. The summed E-state index contributed by atoms with van der Waals surface area (Å²) >= 11 is 5.16. The Labute approximate surface area is 123 Å². The van der Waals surface area contributed by atoms with E-state index in [4.69, 9.17) is 21.8 Å². The Balaban J connectivity index is 0.000000219. The summed E-state index contributed by atoms with van der Waals surface area (Å²) in [4.78, 5) is 20.6. The molecule has 0 aliphatic heterocycles. The molecular formula is C14H9ClF2O4. The third-order valence-electron chi connectivity index (χ3n) is 2.30. The lowest BCUT2D eigenvalue weighted by Crippen LogP contribution is -1.99. The smallest absolute Gasteiger partial charge is 0.339 e. The first-order chi connectivity index (χ1) is 9.84. The topological polar surface area (TPSA) is 74.6 Å². The van der Waals surface area contributed by atoms with Gasteiger partial charge in [0.15, 0.2) is 11.6 Å². The van der Waals surface area contributed by atoms with Crippen molar-refractivity contribution >= 4 is 22.8 Å². The molecule has 4 nitrogen and oxygen atoms in total. The van der Waals surface area contributed by atoms with Crippen molar-refractivity contribution in [3.05, 3.63) is 65.2 Å². The van der Waals surface area contributed by atoms with Gasteiger partial charge in [0.1, 0.15) is 5.56 Å². The first-order valence-corrected chi connectivity index (χ1v) is 5.87. The first kappa shape index (κ1) is 16.6. The molecule has 0 spiro atoms. The molecule has 0 fully saturated rings. The Morgan fingerprint density at radius 2 is 1.57 bits per heavy atom. The molecule has 0 unspecified atom stereocenters. The van der Waals surface area contributed by atoms with Crippen LogP contribution in [0.3, 0.4) is 0 Å². The number of aromatic hydroxyl groups is 1. The third-order valence-corrected chi connectivity index (χ3v) is 2.52. The van der Waals surface area contributed by atoms with Crippen molar-refractivity contribution in [1.29, 1.82) is 0 Å². The Kier molecular flexibility index (Phi) is 5.80. The SMILES string of the molecule is O=C(Cl)c1ccccc1.O=C(O)c1ccc(F)c(F)c1O. The van der Waals surface area contributed by atoms with Crippen LogP contribution in [-0.2, 0) is 0 Å². The van der Waals surface area contributed by atoms with Gasteiger partial charge in [-0.05, 0) is 23.7 Å². The number of phenols is 1. The second-order valence-corrected chi connectivity index (χ2v) is 4.05. The zero-order chi connectivity index (χ0) is 16.0. The quantitative estimate of drug-likeness (QED) is 0.833. The van der Waals surface area contributed by atoms with Crippen molar-refractivity contribution in [3.8, 4) is 5.75 Å². The molecule has 0 saturated heterocycles. The highest BCUT2D eigenvalue weighted by molar-refractivity contribution is 6.67. The third kappa shape index (κ3) is 4.54. The molecule has 21 heavy (non-hydrogen) atoms. The monoisotopic (exact) mass is 314 g/mol. The molecule has 0 saturated carbocycles. The van der Waals surface area contributed by atoms with Crippen molar-refractivity contribution in [3.63, 3.8) is 0 Å². The van der Waals surface area contributed by atoms with Gasteiger partial charge in [-0.15, -0.1) is 0 Å². The molecule has 110 valence electrons. The number of aromatic carboxylic acids is 1. The van der Waals surface area contributed by atoms with Crippen LogP contribution in [0.15, 0.2) is 42.5 Å². The van der Waals surface area contributed by atoms with Crippen molar-refractivity contribution < 1.29 is 28.6 Å². The first-order valence-electron chi connectivity index (χ1n) is 5.49. The van der Waals surface area contributed by atoms with Gasteiger partial charge in [-0.2, -0.15) is 4.39 Å². The van der Waals surface area contributed by atoms with E-state index in [-0.39, 0.29) is 0 Å². The number of halogens is 3. The lowest BCUT2D eigenvalue weighted by atomic mass is 10.2. The number of carboxylic acids is 1. The maximum Gasteiger partial charge on any atom is 0.339 e. The molecule has 0 atom stereocenters. The molecule has 0 aliphatic rings. The van der Waals surface area contributed by atoms with E-state index in [1.165, 1.54) is 0 Å². The van der Waals surface area contributed by atoms with E-state index in [0.29, 0.717) is 11.6 Å². The molecule has 2 N–H and O–H groups in total. The summed E-state index contributed by atoms with van der Waals surface area (Å²) in [6.07, 6.45) is 0. The van der Waals surface area contributed by atoms with Crippen LogP contribution in [0.25, 0.3) is 0 Å². The van der Waals surface area contributed by atoms with E-state index in [0.717, 1.165) is 6.07 Å². The predicted molar refractivity (Wildman–Crippen MR) is 71.6 cm³/mol. The average Bonchev–Trinajstić information content (AvgIpc) is 2.46. The fraction of sp³-hybridized carbons (Fsp3) is 0. The number of hydrogen-bond acceptors (Lipinski definition) is 3. The number of rotatable bonds is 2. The van der Waals surface area contributed by atoms with E-state index in [1.54, 1.807) is 24.3 Å². The largest absolute Gasteiger partial charge is 0.504 e. The second-order valence-electron chi connectivity index (χ2n) is 3.70. The van der Waals surface area contributed by atoms with Crippen LogP contribution < -0.4 is 0 Å². The van der Waals surface area contributed by atoms with Crippen molar-refractivity contribution in [2.75, 3.05) is 0 Å². The maximum absolute atomic E-state index is 12.5. The van der Waals surface area contributed by atoms with Gasteiger partial charge in [0.2, 0.25) is 5.82 Å². The summed E-state index contributed by atoms with van der Waals surface area (Å²) < 4.78 is 24.8. The molecule has 0 radical (unpaired) electrons. The Hall–Kier alpha value is -2.47. The normalized spacial score (nSPS) is 9.48. The van der Waals surface area contributed by atoms with E-state index < -0.39 is 34.2 Å². The summed E-state index contributed by atoms with van der Waals surface area (Å²) in [5, 5.41) is 16.7. The lowest BCUT2D eigenvalue weighted by molar-refractivity contribution is 0.0692. The van der Waals surface area contributed by atoms with E-state index in [9.17, 15) is 18.4 Å². The van der Waals surface area contributed by atoms with Gasteiger partial charge >= 0.3 is 5.97 Å². The van der Waals surface area contributed by atoms with E-state index in [2.05, 4.69) is 0 Å². The van der Waals surface area contributed by atoms with Crippen LogP contribution in [0.4, 0.5) is 8.78 Å². The second kappa shape index (κ2) is 7.35. The van der Waals surface area contributed by atoms with Gasteiger partial charge in [0.05, 0.1) is 0 Å². The summed E-state index contributed by atoms with van der Waals surface area (Å²) in [5.41, 5.74) is -0.118. The standard InChI is InChI=1S/C7H5ClO.C7H4F2O3/c8-7(9)6-4-2-1-3-5-6;8-4-2-1-3(7(11)12)6(10)5(4)9/h1-5H;1-2,10H,(H,11,12). The summed E-state index contributed by atoms with van der Waals surface area (Å²) in [6.45, 7) is 0. The van der Waals surface area contributed by atoms with Gasteiger partial charge < -0.3 is 10.2 Å². The zero-order valence-electron chi connectivity index (χ0n) is 10.4. The average molecular weight is 315 g/mol. The van der Waals surface area contributed by atoms with Gasteiger partial charge in [0, 0.05) is 5.56 Å². The molecule has 2 rings (SSSR count). The highest BCUT2D eigenvalue weighted by atomic mass is 35.5. The highest BCUT2D eigenvalue weighted by Crippen LogP contribution is 2.23. The summed E-state index contributed by atoms with van der Waals surface area (Å²) in [7, 11) is 0. The van der Waals surface area contributed by atoms with Gasteiger partial charge in [-0.25, -0.2) is 9.18 Å². The van der Waals surface area contributed by atoms with Crippen LogP contribution in [-0.4, -0.2) is 21.4 Å². The predicted octanol–water partition coefficient (Wildman–Crippen LogP) is 3.43. The number of carbonyl (C=O) groups is 2. The summed E-state index contributed by atoms with van der Waals surface area (Å²) in [5.74, 6) is -5.51. The Bertz CT molecular complexity index is 660. The van der Waals surface area contributed by atoms with Crippen molar-refractivity contribution in [2.24, 2.45) is 0 Å². The Morgan fingerprint density at radius 3 is 2.00 bits per heavy atom. The molecule has 7 heteroatoms. The molecule has 0 aromatic heterocycles. The lowest BCUT2D eigenvalue weighted by Gasteiger charge is -1.99. The zero-order valence-corrected chi connectivity index (χ0v) is 11.1. The van der Waals surface area contributed by atoms with E-state index in [1.807, 2.05) is 6.07 Å². The number of carboxylic acid groups (broad SMARTS) is 1. The van der Waals surface area contributed by atoms with Crippen molar-refractivity contribution in [1.82, 2.24) is 0 Å². The molecule has 0 heterocycles. The van der Waals surface area contributed by atoms with Crippen LogP contribution in [0, 0.1) is 11.6 Å². The highest BCUT2D eigenvalue weighted by Gasteiger charge is 2.16. The van der Waals surface area contributed by atoms with Gasteiger partial charge in [-0.1, -0.05) is 30.3 Å². The maximum atomic E-state index is 12.5. The van der Waals surface area contributed by atoms with Crippen LogP contribution in [0.2, 0.25) is 0 Å². The van der Waals surface area contributed by atoms with Crippen molar-refractivity contribution in [2.45, 2.75) is 0 Å². The number of hydrogen-bond donors (Lipinski definition) is 2. The van der Waals surface area contributed by atoms with E-state index >= 15 is 0 Å². The fourth-order valence-electron chi connectivity index (χ4n) is 1.28. The van der Waals surface area contributed by atoms with Crippen LogP contribution in [0.5, 0.6) is 5.75 Å².